The molecule has 0 aliphatic carbocycles. The van der Waals surface area contributed by atoms with Gasteiger partial charge in [0.1, 0.15) is 16.4 Å². The Morgan fingerprint density at radius 3 is 2.70 bits per heavy atom. The van der Waals surface area contributed by atoms with Gasteiger partial charge in [0.15, 0.2) is 0 Å². The van der Waals surface area contributed by atoms with E-state index in [4.69, 9.17) is 9.72 Å². The van der Waals surface area contributed by atoms with E-state index >= 15 is 0 Å². The molecule has 0 amide bonds. The van der Waals surface area contributed by atoms with E-state index in [9.17, 15) is 9.90 Å². The molecule has 33 heavy (non-hydrogen) atoms. The van der Waals surface area contributed by atoms with Gasteiger partial charge in [0.05, 0.1) is 25.1 Å². The van der Waals surface area contributed by atoms with Gasteiger partial charge in [0.25, 0.3) is 5.56 Å². The number of thiophene rings is 1. The number of benzene rings is 2. The number of fused-ring (bicyclic) bond motifs is 1. The van der Waals surface area contributed by atoms with Crippen molar-refractivity contribution in [1.29, 1.82) is 0 Å². The zero-order valence-corrected chi connectivity index (χ0v) is 19.3. The van der Waals surface area contributed by atoms with Crippen LogP contribution in [0.1, 0.15) is 11.4 Å². The van der Waals surface area contributed by atoms with Crippen molar-refractivity contribution in [2.24, 2.45) is 0 Å². The molecule has 4 rings (SSSR count). The van der Waals surface area contributed by atoms with Crippen molar-refractivity contribution < 1.29 is 9.84 Å². The van der Waals surface area contributed by atoms with Crippen LogP contribution in [0.4, 0.5) is 0 Å². The number of para-hydroxylation sites is 1. The van der Waals surface area contributed by atoms with Crippen LogP contribution >= 0.6 is 11.3 Å². The number of hydrogen-bond acceptors (Lipinski definition) is 6. The number of aliphatic hydroxyl groups is 1. The fourth-order valence-electron chi connectivity index (χ4n) is 3.98. The molecular weight excluding hydrogens is 434 g/mol. The topological polar surface area (TPSA) is 78.5 Å². The summed E-state index contributed by atoms with van der Waals surface area (Å²) < 4.78 is 5.47. The third-order valence-electron chi connectivity index (χ3n) is 5.43. The van der Waals surface area contributed by atoms with Crippen molar-refractivity contribution in [1.82, 2.24) is 14.9 Å². The molecular formula is C26H27N3O3S. The Labute approximate surface area is 196 Å². The van der Waals surface area contributed by atoms with Gasteiger partial charge in [-0.05, 0) is 18.1 Å². The molecule has 2 heterocycles. The summed E-state index contributed by atoms with van der Waals surface area (Å²) in [6.45, 7) is 5.25. The van der Waals surface area contributed by atoms with E-state index in [0.717, 1.165) is 16.7 Å². The van der Waals surface area contributed by atoms with E-state index in [0.29, 0.717) is 47.8 Å². The van der Waals surface area contributed by atoms with Crippen molar-refractivity contribution in [2.75, 3.05) is 20.2 Å². The van der Waals surface area contributed by atoms with Crippen molar-refractivity contribution in [3.05, 3.63) is 94.4 Å². The van der Waals surface area contributed by atoms with Crippen LogP contribution in [-0.2, 0) is 13.0 Å². The van der Waals surface area contributed by atoms with Crippen LogP contribution in [0.15, 0.2) is 77.4 Å². The summed E-state index contributed by atoms with van der Waals surface area (Å²) in [5.74, 6) is 1.28. The monoisotopic (exact) mass is 461 g/mol. The first-order chi connectivity index (χ1) is 16.1. The molecule has 7 heteroatoms. The Balaban J connectivity index is 1.56. The maximum absolute atomic E-state index is 13.0. The molecule has 0 saturated heterocycles. The van der Waals surface area contributed by atoms with Gasteiger partial charge in [-0.15, -0.1) is 17.9 Å². The predicted octanol–water partition coefficient (Wildman–Crippen LogP) is 4.25. The normalized spacial score (nSPS) is 12.2. The summed E-state index contributed by atoms with van der Waals surface area (Å²) in [6, 6.07) is 17.5. The Morgan fingerprint density at radius 2 is 1.94 bits per heavy atom. The number of aliphatic hydroxyl groups excluding tert-OH is 1. The molecule has 2 aromatic carbocycles. The molecule has 0 fully saturated rings. The van der Waals surface area contributed by atoms with E-state index in [-0.39, 0.29) is 5.56 Å². The maximum Gasteiger partial charge on any atom is 0.260 e. The number of aromatic nitrogens is 2. The van der Waals surface area contributed by atoms with E-state index in [2.05, 4.69) is 11.6 Å². The average Bonchev–Trinajstić information content (AvgIpc) is 3.24. The number of nitrogens with one attached hydrogen (secondary N) is 1. The largest absolute Gasteiger partial charge is 0.496 e. The lowest BCUT2D eigenvalue weighted by atomic mass is 10.1. The lowest BCUT2D eigenvalue weighted by molar-refractivity contribution is 0.114. The van der Waals surface area contributed by atoms with E-state index in [1.807, 2.05) is 64.9 Å². The SMILES string of the molecule is C=CCN(Cc1nc2scc(-c3ccccc3OC)c2c(=O)[nH]1)C[C@@H](O)Cc1ccccc1. The van der Waals surface area contributed by atoms with Crippen LogP contribution in [0.3, 0.4) is 0 Å². The molecule has 0 unspecified atom stereocenters. The highest BCUT2D eigenvalue weighted by molar-refractivity contribution is 7.17. The highest BCUT2D eigenvalue weighted by Crippen LogP contribution is 2.36. The summed E-state index contributed by atoms with van der Waals surface area (Å²) in [5.41, 5.74) is 2.58. The second-order valence-electron chi connectivity index (χ2n) is 7.87. The standard InChI is InChI=1S/C26H27N3O3S/c1-3-13-29(15-19(30)14-18-9-5-4-6-10-18)16-23-27-25(31)24-21(17-33-26(24)28-23)20-11-7-8-12-22(20)32-2/h3-12,17,19,30H,1,13-16H2,2H3,(H,27,28,31)/t19-/m0/s1. The number of methoxy groups -OCH3 is 1. The molecule has 2 aromatic heterocycles. The summed E-state index contributed by atoms with van der Waals surface area (Å²) in [4.78, 5) is 23.4. The van der Waals surface area contributed by atoms with Gasteiger partial charge in [-0.25, -0.2) is 4.98 Å². The van der Waals surface area contributed by atoms with Gasteiger partial charge in [-0.1, -0.05) is 54.6 Å². The van der Waals surface area contributed by atoms with Gasteiger partial charge < -0.3 is 14.8 Å². The molecule has 0 spiro atoms. The van der Waals surface area contributed by atoms with Crippen LogP contribution in [0.25, 0.3) is 21.3 Å². The van der Waals surface area contributed by atoms with Crippen molar-refractivity contribution in [2.45, 2.75) is 19.1 Å². The van der Waals surface area contributed by atoms with Crippen LogP contribution in [0, 0.1) is 0 Å². The Morgan fingerprint density at radius 1 is 1.18 bits per heavy atom. The molecule has 0 bridgehead atoms. The van der Waals surface area contributed by atoms with E-state index in [1.165, 1.54) is 11.3 Å². The first-order valence-corrected chi connectivity index (χ1v) is 11.7. The molecule has 2 N–H and O–H groups in total. The van der Waals surface area contributed by atoms with Crippen LogP contribution in [0.5, 0.6) is 5.75 Å². The lowest BCUT2D eigenvalue weighted by Crippen LogP contribution is -2.34. The van der Waals surface area contributed by atoms with Crippen molar-refractivity contribution >= 4 is 21.6 Å². The molecule has 0 radical (unpaired) electrons. The lowest BCUT2D eigenvalue weighted by Gasteiger charge is -2.23. The van der Waals surface area contributed by atoms with E-state index < -0.39 is 6.10 Å². The van der Waals surface area contributed by atoms with Gasteiger partial charge in [0, 0.05) is 29.6 Å². The van der Waals surface area contributed by atoms with Crippen LogP contribution in [0.2, 0.25) is 0 Å². The van der Waals surface area contributed by atoms with Gasteiger partial charge in [-0.2, -0.15) is 0 Å². The summed E-state index contributed by atoms with van der Waals surface area (Å²) in [7, 11) is 1.62. The quantitative estimate of drug-likeness (QED) is 0.345. The minimum atomic E-state index is -0.540. The third kappa shape index (κ3) is 5.39. The first kappa shape index (κ1) is 22.9. The van der Waals surface area contributed by atoms with Crippen molar-refractivity contribution in [3.8, 4) is 16.9 Å². The second-order valence-corrected chi connectivity index (χ2v) is 8.73. The molecule has 0 aliphatic heterocycles. The fraction of sp³-hybridized carbons (Fsp3) is 0.231. The molecule has 1 atom stereocenters. The van der Waals surface area contributed by atoms with Crippen LogP contribution in [-0.4, -0.2) is 46.3 Å². The minimum absolute atomic E-state index is 0.180. The summed E-state index contributed by atoms with van der Waals surface area (Å²) >= 11 is 1.44. The Hall–Kier alpha value is -3.26. The average molecular weight is 462 g/mol. The van der Waals surface area contributed by atoms with Crippen molar-refractivity contribution in [3.63, 3.8) is 0 Å². The van der Waals surface area contributed by atoms with Gasteiger partial charge in [-0.3, -0.25) is 9.69 Å². The number of ether oxygens (including phenoxy) is 1. The number of rotatable bonds is 10. The van der Waals surface area contributed by atoms with Crippen LogP contribution < -0.4 is 10.3 Å². The maximum atomic E-state index is 13.0. The Kier molecular flexibility index (Phi) is 7.34. The molecule has 6 nitrogen and oxygen atoms in total. The molecule has 4 aromatic rings. The highest BCUT2D eigenvalue weighted by Gasteiger charge is 2.18. The molecule has 0 aliphatic rings. The first-order valence-electron chi connectivity index (χ1n) is 10.8. The van der Waals surface area contributed by atoms with E-state index in [1.54, 1.807) is 13.2 Å². The molecule has 0 saturated carbocycles. The predicted molar refractivity (Wildman–Crippen MR) is 134 cm³/mol. The zero-order chi connectivity index (χ0) is 23.2. The number of aromatic amines is 1. The van der Waals surface area contributed by atoms with Gasteiger partial charge >= 0.3 is 0 Å². The number of hydrogen-bond donors (Lipinski definition) is 2. The summed E-state index contributed by atoms with van der Waals surface area (Å²) in [5, 5.41) is 13.1. The zero-order valence-electron chi connectivity index (χ0n) is 18.5. The third-order valence-corrected chi connectivity index (χ3v) is 6.31. The fourth-order valence-corrected chi connectivity index (χ4v) is 4.94. The minimum Gasteiger partial charge on any atom is -0.496 e. The highest BCUT2D eigenvalue weighted by atomic mass is 32.1. The number of H-pyrrole nitrogens is 1. The smallest absolute Gasteiger partial charge is 0.260 e. The summed E-state index contributed by atoms with van der Waals surface area (Å²) in [6.07, 6.45) is 1.81. The second kappa shape index (κ2) is 10.6. The Bertz CT molecular complexity index is 1280. The van der Waals surface area contributed by atoms with Gasteiger partial charge in [0.2, 0.25) is 0 Å². The number of nitrogens with zero attached hydrogens (tertiary/aromatic N) is 2. The molecule has 170 valence electrons.